The first kappa shape index (κ1) is 9.58. The number of nitrogens with one attached hydrogen (secondary N) is 1. The number of halogens is 1. The number of nitrogens with two attached hydrogens (primary N) is 3. The Labute approximate surface area is 47.3 Å². The lowest BCUT2D eigenvalue weighted by molar-refractivity contribution is -0.00000166. The Hall–Kier alpha value is -0.680. The SMILES string of the molecule is N/N=C(\N)NN.[Cl-]. The van der Waals surface area contributed by atoms with Crippen molar-refractivity contribution in [3.63, 3.8) is 0 Å². The largest absolute Gasteiger partial charge is 1.00 e. The van der Waals surface area contributed by atoms with Crippen molar-refractivity contribution in [1.29, 1.82) is 0 Å². The molecule has 0 aliphatic heterocycles. The molecule has 7 heavy (non-hydrogen) atoms. The van der Waals surface area contributed by atoms with Gasteiger partial charge in [0.15, 0.2) is 0 Å². The Kier molecular flexibility index (Phi) is 7.28. The van der Waals surface area contributed by atoms with E-state index >= 15 is 0 Å². The van der Waals surface area contributed by atoms with E-state index in [1.807, 2.05) is 5.43 Å². The van der Waals surface area contributed by atoms with Crippen LogP contribution in [0.3, 0.4) is 0 Å². The fourth-order valence-corrected chi connectivity index (χ4v) is 0.0373. The molecule has 0 aromatic carbocycles. The van der Waals surface area contributed by atoms with E-state index in [0.29, 0.717) is 0 Å². The van der Waals surface area contributed by atoms with E-state index in [1.54, 1.807) is 0 Å². The third kappa shape index (κ3) is 5.32. The molecule has 0 aliphatic rings. The van der Waals surface area contributed by atoms with Gasteiger partial charge in [0.05, 0.1) is 0 Å². The molecule has 0 rings (SSSR count). The molecule has 0 unspecified atom stereocenters. The highest BCUT2D eigenvalue weighted by molar-refractivity contribution is 5.76. The second kappa shape index (κ2) is 5.32. The Morgan fingerprint density at radius 2 is 2.00 bits per heavy atom. The van der Waals surface area contributed by atoms with Crippen molar-refractivity contribution in [2.24, 2.45) is 22.5 Å². The molecule has 44 valence electrons. The van der Waals surface area contributed by atoms with Gasteiger partial charge in [-0.25, -0.2) is 5.84 Å². The number of nitrogens with zero attached hydrogens (tertiary/aromatic N) is 1. The number of hydrogen-bond acceptors (Lipinski definition) is 3. The van der Waals surface area contributed by atoms with Crippen LogP contribution in [0.15, 0.2) is 5.10 Å². The lowest BCUT2D eigenvalue weighted by Crippen LogP contribution is -3.00. The molecule has 0 spiro atoms. The summed E-state index contributed by atoms with van der Waals surface area (Å²) in [5.41, 5.74) is 6.88. The molecule has 0 atom stereocenters. The maximum Gasteiger partial charge on any atom is 0.224 e. The number of hydrazone groups is 1. The van der Waals surface area contributed by atoms with E-state index in [2.05, 4.69) is 10.9 Å². The van der Waals surface area contributed by atoms with Crippen LogP contribution in [0.4, 0.5) is 0 Å². The van der Waals surface area contributed by atoms with E-state index in [0.717, 1.165) is 0 Å². The van der Waals surface area contributed by atoms with E-state index in [4.69, 9.17) is 11.6 Å². The highest BCUT2D eigenvalue weighted by atomic mass is 35.5. The highest BCUT2D eigenvalue weighted by Crippen LogP contribution is 1.38. The lowest BCUT2D eigenvalue weighted by atomic mass is 11.1. The number of hydrogen-bond donors (Lipinski definition) is 4. The summed E-state index contributed by atoms with van der Waals surface area (Å²) in [5, 5.41) is 2.97. The second-order valence-corrected chi connectivity index (χ2v) is 0.659. The Morgan fingerprint density at radius 1 is 1.57 bits per heavy atom. The molecule has 0 bridgehead atoms. The van der Waals surface area contributed by atoms with E-state index in [-0.39, 0.29) is 18.4 Å². The predicted molar refractivity (Wildman–Crippen MR) is 23.1 cm³/mol. The Morgan fingerprint density at radius 3 is 2.00 bits per heavy atom. The second-order valence-electron chi connectivity index (χ2n) is 0.659. The average molecular weight is 125 g/mol. The van der Waals surface area contributed by atoms with Crippen molar-refractivity contribution in [2.75, 3.05) is 0 Å². The van der Waals surface area contributed by atoms with Crippen LogP contribution in [0.2, 0.25) is 0 Å². The summed E-state index contributed by atoms with van der Waals surface area (Å²) in [6, 6.07) is 0. The fourth-order valence-electron chi connectivity index (χ4n) is 0.0373. The molecule has 0 heterocycles. The molecule has 0 amide bonds. The molecule has 6 heteroatoms. The zero-order chi connectivity index (χ0) is 4.99. The molecule has 0 saturated heterocycles. The molecule has 0 fully saturated rings. The minimum Gasteiger partial charge on any atom is -1.00 e. The van der Waals surface area contributed by atoms with E-state index in [1.165, 1.54) is 0 Å². The van der Waals surface area contributed by atoms with Crippen LogP contribution in [0.5, 0.6) is 0 Å². The first-order chi connectivity index (χ1) is 2.81. The quantitative estimate of drug-likeness (QED) is 0.112. The summed E-state index contributed by atoms with van der Waals surface area (Å²) >= 11 is 0. The van der Waals surface area contributed by atoms with Crippen LogP contribution in [-0.4, -0.2) is 5.96 Å². The smallest absolute Gasteiger partial charge is 0.224 e. The van der Waals surface area contributed by atoms with Gasteiger partial charge in [0.2, 0.25) is 5.96 Å². The van der Waals surface area contributed by atoms with Crippen LogP contribution in [-0.2, 0) is 0 Å². The first-order valence-electron chi connectivity index (χ1n) is 1.31. The lowest BCUT2D eigenvalue weighted by Gasteiger charge is -1.89. The zero-order valence-electron chi connectivity index (χ0n) is 3.56. The van der Waals surface area contributed by atoms with Gasteiger partial charge < -0.3 is 24.0 Å². The summed E-state index contributed by atoms with van der Waals surface area (Å²) in [4.78, 5) is 0. The summed E-state index contributed by atoms with van der Waals surface area (Å²) in [6.45, 7) is 0. The van der Waals surface area contributed by atoms with Crippen molar-refractivity contribution >= 4 is 5.96 Å². The standard InChI is InChI=1S/CH7N5.ClH/c2-1(5-3)6-4;/h3-4H2,(H3,2,5,6);1H/p-1. The number of guanidine groups is 1. The third-order valence-corrected chi connectivity index (χ3v) is 0.287. The average Bonchev–Trinajstić information content (AvgIpc) is 1.65. The zero-order valence-corrected chi connectivity index (χ0v) is 4.31. The molecule has 0 aromatic rings. The van der Waals surface area contributed by atoms with Gasteiger partial charge in [-0.1, -0.05) is 0 Å². The Bertz CT molecular complexity index is 59.1. The van der Waals surface area contributed by atoms with Crippen molar-refractivity contribution in [3.8, 4) is 0 Å². The van der Waals surface area contributed by atoms with E-state index < -0.39 is 0 Å². The molecule has 0 radical (unpaired) electrons. The van der Waals surface area contributed by atoms with Crippen LogP contribution in [0, 0.1) is 0 Å². The van der Waals surface area contributed by atoms with Gasteiger partial charge in [-0.05, 0) is 0 Å². The van der Waals surface area contributed by atoms with Gasteiger partial charge in [0, 0.05) is 0 Å². The number of rotatable bonds is 0. The number of hydrazine groups is 1. The fraction of sp³-hybridized carbons (Fsp3) is 0. The molecule has 0 aromatic heterocycles. The molecule has 5 nitrogen and oxygen atoms in total. The van der Waals surface area contributed by atoms with Crippen LogP contribution in [0.25, 0.3) is 0 Å². The summed E-state index contributed by atoms with van der Waals surface area (Å²) in [6.07, 6.45) is 0. The molecule has 0 aliphatic carbocycles. The van der Waals surface area contributed by atoms with Gasteiger partial charge in [-0.15, -0.1) is 5.10 Å². The first-order valence-corrected chi connectivity index (χ1v) is 1.31. The third-order valence-electron chi connectivity index (χ3n) is 0.287. The molecular weight excluding hydrogens is 117 g/mol. The van der Waals surface area contributed by atoms with Gasteiger partial charge >= 0.3 is 0 Å². The summed E-state index contributed by atoms with van der Waals surface area (Å²) in [5.74, 6) is 9.32. The van der Waals surface area contributed by atoms with Crippen molar-refractivity contribution in [2.45, 2.75) is 0 Å². The minimum atomic E-state index is 0. The normalized spacial score (nSPS) is 9.57. The highest BCUT2D eigenvalue weighted by Gasteiger charge is 1.73. The molecule has 7 N–H and O–H groups in total. The van der Waals surface area contributed by atoms with Crippen LogP contribution < -0.4 is 35.3 Å². The predicted octanol–water partition coefficient (Wildman–Crippen LogP) is -5.36. The van der Waals surface area contributed by atoms with Gasteiger partial charge in [-0.3, -0.25) is 5.43 Å². The monoisotopic (exact) mass is 124 g/mol. The van der Waals surface area contributed by atoms with E-state index in [9.17, 15) is 0 Å². The van der Waals surface area contributed by atoms with Crippen LogP contribution >= 0.6 is 0 Å². The van der Waals surface area contributed by atoms with Gasteiger partial charge in [-0.2, -0.15) is 0 Å². The van der Waals surface area contributed by atoms with Gasteiger partial charge in [0.1, 0.15) is 0 Å². The Balaban J connectivity index is 0. The maximum absolute atomic E-state index is 4.86. The summed E-state index contributed by atoms with van der Waals surface area (Å²) in [7, 11) is 0. The molecule has 0 saturated carbocycles. The van der Waals surface area contributed by atoms with Crippen molar-refractivity contribution in [1.82, 2.24) is 5.43 Å². The van der Waals surface area contributed by atoms with Crippen molar-refractivity contribution < 1.29 is 12.4 Å². The minimum absolute atomic E-state index is 0. The van der Waals surface area contributed by atoms with Crippen molar-refractivity contribution in [3.05, 3.63) is 0 Å². The molecular formula is CH7ClN5-. The van der Waals surface area contributed by atoms with Gasteiger partial charge in [0.25, 0.3) is 0 Å². The maximum atomic E-state index is 4.86. The van der Waals surface area contributed by atoms with Crippen LogP contribution in [0.1, 0.15) is 0 Å². The topological polar surface area (TPSA) is 102 Å². The summed E-state index contributed by atoms with van der Waals surface area (Å²) < 4.78 is 0.